The number of hydrogen-bond acceptors (Lipinski definition) is 4. The monoisotopic (exact) mass is 417 g/mol. The topological polar surface area (TPSA) is 80.1 Å². The summed E-state index contributed by atoms with van der Waals surface area (Å²) < 4.78 is 1.66. The van der Waals surface area contributed by atoms with Crippen molar-refractivity contribution in [3.8, 4) is 0 Å². The molecule has 1 aliphatic heterocycles. The van der Waals surface area contributed by atoms with Crippen LogP contribution in [0.25, 0.3) is 0 Å². The SMILES string of the molecule is Cc1nn(C)cc1C(=O)N1CCCC[C@@H]1c1ncccc1C(=O)NCc1ccccc1. The first-order valence-corrected chi connectivity index (χ1v) is 10.6. The fourth-order valence-corrected chi connectivity index (χ4v) is 4.17. The molecule has 7 nitrogen and oxygen atoms in total. The number of piperidine rings is 1. The molecule has 3 heterocycles. The third-order valence-corrected chi connectivity index (χ3v) is 5.70. The van der Waals surface area contributed by atoms with Crippen molar-refractivity contribution in [3.63, 3.8) is 0 Å². The minimum absolute atomic E-state index is 0.0587. The molecule has 0 unspecified atom stereocenters. The summed E-state index contributed by atoms with van der Waals surface area (Å²) >= 11 is 0. The lowest BCUT2D eigenvalue weighted by molar-refractivity contribution is 0.0601. The van der Waals surface area contributed by atoms with Crippen LogP contribution in [0.15, 0.2) is 54.9 Å². The Hall–Kier alpha value is -3.48. The molecule has 1 saturated heterocycles. The lowest BCUT2D eigenvalue weighted by Crippen LogP contribution is -2.40. The van der Waals surface area contributed by atoms with Gasteiger partial charge in [-0.25, -0.2) is 0 Å². The summed E-state index contributed by atoms with van der Waals surface area (Å²) in [4.78, 5) is 32.8. The molecule has 7 heteroatoms. The Morgan fingerprint density at radius 2 is 1.90 bits per heavy atom. The number of carbonyl (C=O) groups is 2. The molecule has 0 radical (unpaired) electrons. The quantitative estimate of drug-likeness (QED) is 0.690. The summed E-state index contributed by atoms with van der Waals surface area (Å²) in [6.07, 6.45) is 6.15. The molecule has 4 rings (SSSR count). The van der Waals surface area contributed by atoms with E-state index in [-0.39, 0.29) is 17.9 Å². The molecule has 0 saturated carbocycles. The van der Waals surface area contributed by atoms with Crippen molar-refractivity contribution in [2.24, 2.45) is 7.05 Å². The van der Waals surface area contributed by atoms with E-state index in [0.29, 0.717) is 35.6 Å². The van der Waals surface area contributed by atoms with Crippen molar-refractivity contribution >= 4 is 11.8 Å². The molecule has 0 aliphatic carbocycles. The van der Waals surface area contributed by atoms with Crippen LogP contribution >= 0.6 is 0 Å². The van der Waals surface area contributed by atoms with E-state index in [2.05, 4.69) is 15.4 Å². The molecular weight excluding hydrogens is 390 g/mol. The summed E-state index contributed by atoms with van der Waals surface area (Å²) in [6, 6.07) is 13.1. The molecule has 0 spiro atoms. The van der Waals surface area contributed by atoms with Crippen LogP contribution in [0.2, 0.25) is 0 Å². The van der Waals surface area contributed by atoms with Gasteiger partial charge in [-0.2, -0.15) is 5.10 Å². The van der Waals surface area contributed by atoms with Crippen LogP contribution in [0, 0.1) is 6.92 Å². The molecule has 3 aromatic rings. The highest BCUT2D eigenvalue weighted by atomic mass is 16.2. The van der Waals surface area contributed by atoms with E-state index in [0.717, 1.165) is 24.8 Å². The molecule has 2 aromatic heterocycles. The lowest BCUT2D eigenvalue weighted by atomic mass is 9.94. The first kappa shape index (κ1) is 20.8. The number of rotatable bonds is 5. The predicted molar refractivity (Wildman–Crippen MR) is 117 cm³/mol. The Bertz CT molecular complexity index is 1080. The highest BCUT2D eigenvalue weighted by Crippen LogP contribution is 2.33. The molecule has 1 fully saturated rings. The third-order valence-electron chi connectivity index (χ3n) is 5.70. The van der Waals surface area contributed by atoms with Crippen LogP contribution in [0.1, 0.15) is 63.0 Å². The van der Waals surface area contributed by atoms with Gasteiger partial charge in [0, 0.05) is 32.5 Å². The van der Waals surface area contributed by atoms with Gasteiger partial charge in [-0.05, 0) is 43.9 Å². The summed E-state index contributed by atoms with van der Waals surface area (Å²) in [6.45, 7) is 2.92. The first-order chi connectivity index (χ1) is 15.0. The molecule has 1 atom stereocenters. The number of nitrogens with one attached hydrogen (secondary N) is 1. The summed E-state index contributed by atoms with van der Waals surface area (Å²) in [5.74, 6) is -0.237. The van der Waals surface area contributed by atoms with Crippen molar-refractivity contribution in [3.05, 3.63) is 82.9 Å². The van der Waals surface area contributed by atoms with E-state index >= 15 is 0 Å². The number of pyridine rings is 1. The average molecular weight is 418 g/mol. The van der Waals surface area contributed by atoms with Crippen molar-refractivity contribution in [1.29, 1.82) is 0 Å². The van der Waals surface area contributed by atoms with Crippen molar-refractivity contribution < 1.29 is 9.59 Å². The highest BCUT2D eigenvalue weighted by Gasteiger charge is 2.33. The Labute approximate surface area is 182 Å². The average Bonchev–Trinajstić information content (AvgIpc) is 3.15. The number of aromatic nitrogens is 3. The summed E-state index contributed by atoms with van der Waals surface area (Å²) in [5, 5.41) is 7.30. The number of hydrogen-bond donors (Lipinski definition) is 1. The number of nitrogens with zero attached hydrogens (tertiary/aromatic N) is 4. The van der Waals surface area contributed by atoms with Gasteiger partial charge in [0.1, 0.15) is 0 Å². The van der Waals surface area contributed by atoms with Gasteiger partial charge < -0.3 is 10.2 Å². The Morgan fingerprint density at radius 1 is 1.10 bits per heavy atom. The normalized spacial score (nSPS) is 16.2. The number of amides is 2. The second kappa shape index (κ2) is 9.12. The smallest absolute Gasteiger partial charge is 0.257 e. The van der Waals surface area contributed by atoms with Crippen LogP contribution in [-0.4, -0.2) is 38.0 Å². The van der Waals surface area contributed by atoms with Crippen LogP contribution in [0.5, 0.6) is 0 Å². The van der Waals surface area contributed by atoms with Gasteiger partial charge in [0.15, 0.2) is 0 Å². The fourth-order valence-electron chi connectivity index (χ4n) is 4.17. The van der Waals surface area contributed by atoms with E-state index in [9.17, 15) is 9.59 Å². The van der Waals surface area contributed by atoms with Gasteiger partial charge in [0.05, 0.1) is 28.6 Å². The van der Waals surface area contributed by atoms with Crippen LogP contribution in [-0.2, 0) is 13.6 Å². The zero-order valence-corrected chi connectivity index (χ0v) is 17.9. The standard InChI is InChI=1S/C24H27N5O2/c1-17-20(16-28(2)27-17)24(31)29-14-7-6-12-21(29)22-19(11-8-13-25-22)23(30)26-15-18-9-4-3-5-10-18/h3-5,8-11,13,16,21H,6-7,12,14-15H2,1-2H3,(H,26,30)/t21-/m1/s1. The molecular formula is C24H27N5O2. The molecule has 31 heavy (non-hydrogen) atoms. The summed E-state index contributed by atoms with van der Waals surface area (Å²) in [7, 11) is 1.81. The van der Waals surface area contributed by atoms with Crippen molar-refractivity contribution in [1.82, 2.24) is 25.0 Å². The molecule has 2 amide bonds. The van der Waals surface area contributed by atoms with Gasteiger partial charge in [0.25, 0.3) is 11.8 Å². The van der Waals surface area contributed by atoms with Gasteiger partial charge >= 0.3 is 0 Å². The zero-order valence-electron chi connectivity index (χ0n) is 17.9. The second-order valence-electron chi connectivity index (χ2n) is 7.92. The molecule has 1 aromatic carbocycles. The molecule has 1 N–H and O–H groups in total. The van der Waals surface area contributed by atoms with E-state index < -0.39 is 0 Å². The fraction of sp³-hybridized carbons (Fsp3) is 0.333. The maximum Gasteiger partial charge on any atom is 0.257 e. The van der Waals surface area contributed by atoms with Crippen molar-refractivity contribution in [2.45, 2.75) is 38.8 Å². The Morgan fingerprint density at radius 3 is 2.65 bits per heavy atom. The van der Waals surface area contributed by atoms with E-state index in [4.69, 9.17) is 0 Å². The first-order valence-electron chi connectivity index (χ1n) is 10.6. The number of benzene rings is 1. The van der Waals surface area contributed by atoms with Gasteiger partial charge in [0.2, 0.25) is 0 Å². The zero-order chi connectivity index (χ0) is 21.8. The maximum absolute atomic E-state index is 13.4. The molecule has 160 valence electrons. The van der Waals surface area contributed by atoms with Crippen LogP contribution in [0.4, 0.5) is 0 Å². The van der Waals surface area contributed by atoms with E-state index in [1.165, 1.54) is 0 Å². The maximum atomic E-state index is 13.4. The summed E-state index contributed by atoms with van der Waals surface area (Å²) in [5.41, 5.74) is 3.51. The minimum Gasteiger partial charge on any atom is -0.348 e. The molecule has 0 bridgehead atoms. The largest absolute Gasteiger partial charge is 0.348 e. The van der Waals surface area contributed by atoms with Gasteiger partial charge in [-0.3, -0.25) is 19.3 Å². The lowest BCUT2D eigenvalue weighted by Gasteiger charge is -2.36. The highest BCUT2D eigenvalue weighted by molar-refractivity contribution is 5.97. The predicted octanol–water partition coefficient (Wildman–Crippen LogP) is 3.42. The minimum atomic E-state index is -0.237. The van der Waals surface area contributed by atoms with Crippen molar-refractivity contribution in [2.75, 3.05) is 6.54 Å². The van der Waals surface area contributed by atoms with Gasteiger partial charge in [-0.15, -0.1) is 0 Å². The van der Waals surface area contributed by atoms with Crippen LogP contribution < -0.4 is 5.32 Å². The number of carbonyl (C=O) groups excluding carboxylic acids is 2. The second-order valence-corrected chi connectivity index (χ2v) is 7.92. The van der Waals surface area contributed by atoms with E-state index in [1.807, 2.05) is 49.2 Å². The van der Waals surface area contributed by atoms with Gasteiger partial charge in [-0.1, -0.05) is 30.3 Å². The van der Waals surface area contributed by atoms with Crippen LogP contribution in [0.3, 0.4) is 0 Å². The van der Waals surface area contributed by atoms with E-state index in [1.54, 1.807) is 29.2 Å². The Kier molecular flexibility index (Phi) is 6.11. The molecule has 1 aliphatic rings. The third kappa shape index (κ3) is 4.50. The Balaban J connectivity index is 1.59. The number of aryl methyl sites for hydroxylation is 2. The number of likely N-dealkylation sites (tertiary alicyclic amines) is 1.